The van der Waals surface area contributed by atoms with Crippen molar-refractivity contribution in [1.82, 2.24) is 0 Å². The quantitative estimate of drug-likeness (QED) is 0.432. The Kier molecular flexibility index (Phi) is 7.96. The van der Waals surface area contributed by atoms with Crippen LogP contribution in [-0.4, -0.2) is 30.3 Å². The van der Waals surface area contributed by atoms with Crippen LogP contribution in [0.3, 0.4) is 0 Å². The number of carbonyl (C=O) groups excluding carboxylic acids is 4. The first-order valence-electron chi connectivity index (χ1n) is 10.3. The fourth-order valence-electron chi connectivity index (χ4n) is 2.94. The average molecular weight is 461 g/mol. The lowest BCUT2D eigenvalue weighted by atomic mass is 10.1. The first-order chi connectivity index (χ1) is 16.3. The number of nitrogens with one attached hydrogen (secondary N) is 3. The van der Waals surface area contributed by atoms with E-state index in [9.17, 15) is 19.2 Å². The van der Waals surface area contributed by atoms with Crippen molar-refractivity contribution in [3.63, 3.8) is 0 Å². The van der Waals surface area contributed by atoms with Crippen molar-refractivity contribution in [3.05, 3.63) is 78.4 Å². The number of benzene rings is 3. The molecule has 3 N–H and O–H groups in total. The maximum atomic E-state index is 12.5. The van der Waals surface area contributed by atoms with Gasteiger partial charge < -0.3 is 25.4 Å². The summed E-state index contributed by atoms with van der Waals surface area (Å²) in [4.78, 5) is 47.4. The number of hydrogen-bond acceptors (Lipinski definition) is 6. The van der Waals surface area contributed by atoms with Crippen LogP contribution >= 0.6 is 0 Å². The molecule has 9 nitrogen and oxygen atoms in total. The molecule has 3 aromatic carbocycles. The molecule has 0 atom stereocenters. The Morgan fingerprint density at radius 2 is 1.24 bits per heavy atom. The minimum Gasteiger partial charge on any atom is -0.457 e. The maximum Gasteiger partial charge on any atom is 0.338 e. The van der Waals surface area contributed by atoms with Gasteiger partial charge in [0.1, 0.15) is 11.5 Å². The van der Waals surface area contributed by atoms with Crippen LogP contribution in [-0.2, 0) is 19.1 Å². The number of amides is 3. The van der Waals surface area contributed by atoms with Crippen LogP contribution < -0.4 is 20.7 Å². The molecule has 0 aliphatic carbocycles. The van der Waals surface area contributed by atoms with Gasteiger partial charge in [0.05, 0.1) is 5.56 Å². The first-order valence-corrected chi connectivity index (χ1v) is 10.3. The number of para-hydroxylation sites is 1. The zero-order valence-corrected chi connectivity index (χ0v) is 18.6. The van der Waals surface area contributed by atoms with Crippen molar-refractivity contribution < 1.29 is 28.7 Å². The SMILES string of the molecule is CC(=O)Nc1cc(NC(C)=O)cc(C(=O)OCC(=O)Nc2ccc(Oc3ccccc3)cc2)c1. The molecule has 0 aliphatic rings. The molecule has 0 spiro atoms. The fraction of sp³-hybridized carbons (Fsp3) is 0.120. The monoisotopic (exact) mass is 461 g/mol. The van der Waals surface area contributed by atoms with E-state index in [4.69, 9.17) is 9.47 Å². The van der Waals surface area contributed by atoms with Crippen molar-refractivity contribution in [2.45, 2.75) is 13.8 Å². The van der Waals surface area contributed by atoms with E-state index in [0.29, 0.717) is 28.6 Å². The van der Waals surface area contributed by atoms with Gasteiger partial charge in [-0.25, -0.2) is 4.79 Å². The molecule has 0 unspecified atom stereocenters. The lowest BCUT2D eigenvalue weighted by molar-refractivity contribution is -0.119. The molecule has 0 radical (unpaired) electrons. The van der Waals surface area contributed by atoms with Crippen LogP contribution in [0.5, 0.6) is 11.5 Å². The maximum absolute atomic E-state index is 12.5. The normalized spacial score (nSPS) is 10.1. The zero-order chi connectivity index (χ0) is 24.5. The lowest BCUT2D eigenvalue weighted by Gasteiger charge is -2.11. The number of anilines is 3. The van der Waals surface area contributed by atoms with Gasteiger partial charge in [0.25, 0.3) is 5.91 Å². The minimum absolute atomic E-state index is 0.0604. The average Bonchev–Trinajstić information content (AvgIpc) is 2.78. The van der Waals surface area contributed by atoms with E-state index in [2.05, 4.69) is 16.0 Å². The second-order valence-electron chi connectivity index (χ2n) is 7.23. The van der Waals surface area contributed by atoms with Gasteiger partial charge in [0, 0.05) is 30.9 Å². The first kappa shape index (κ1) is 24.0. The van der Waals surface area contributed by atoms with E-state index in [1.165, 1.54) is 32.0 Å². The summed E-state index contributed by atoms with van der Waals surface area (Å²) in [5.41, 5.74) is 1.16. The Morgan fingerprint density at radius 3 is 1.79 bits per heavy atom. The second kappa shape index (κ2) is 11.3. The van der Waals surface area contributed by atoms with E-state index in [-0.39, 0.29) is 17.4 Å². The van der Waals surface area contributed by atoms with Gasteiger partial charge in [-0.05, 0) is 54.6 Å². The summed E-state index contributed by atoms with van der Waals surface area (Å²) >= 11 is 0. The molecule has 0 aromatic heterocycles. The Morgan fingerprint density at radius 1 is 0.676 bits per heavy atom. The third-order valence-electron chi connectivity index (χ3n) is 4.26. The van der Waals surface area contributed by atoms with Crippen LogP contribution in [0.25, 0.3) is 0 Å². The van der Waals surface area contributed by atoms with Crippen LogP contribution in [0.4, 0.5) is 17.1 Å². The molecular formula is C25H23N3O6. The molecule has 3 amide bonds. The summed E-state index contributed by atoms with van der Waals surface area (Å²) < 4.78 is 10.8. The molecule has 0 fully saturated rings. The van der Waals surface area contributed by atoms with Crippen molar-refractivity contribution in [2.24, 2.45) is 0 Å². The predicted molar refractivity (Wildman–Crippen MR) is 127 cm³/mol. The molecule has 3 rings (SSSR count). The minimum atomic E-state index is -0.791. The third-order valence-corrected chi connectivity index (χ3v) is 4.26. The van der Waals surface area contributed by atoms with Crippen LogP contribution in [0, 0.1) is 0 Å². The van der Waals surface area contributed by atoms with Gasteiger partial charge in [-0.15, -0.1) is 0 Å². The molecule has 3 aromatic rings. The zero-order valence-electron chi connectivity index (χ0n) is 18.6. The Bertz CT molecular complexity index is 1160. The Balaban J connectivity index is 1.57. The van der Waals surface area contributed by atoms with Gasteiger partial charge in [-0.1, -0.05) is 18.2 Å². The largest absolute Gasteiger partial charge is 0.457 e. The summed E-state index contributed by atoms with van der Waals surface area (Å²) in [6, 6.07) is 20.3. The van der Waals surface area contributed by atoms with Gasteiger partial charge in [-0.2, -0.15) is 0 Å². The van der Waals surface area contributed by atoms with Gasteiger partial charge in [0.15, 0.2) is 6.61 Å². The molecule has 9 heteroatoms. The number of ether oxygens (including phenoxy) is 2. The molecular weight excluding hydrogens is 438 g/mol. The van der Waals surface area contributed by atoms with Crippen molar-refractivity contribution in [1.29, 1.82) is 0 Å². The standard InChI is InChI=1S/C25H23N3O6/c1-16(29)26-20-12-18(13-21(14-20)27-17(2)30)25(32)33-15-24(31)28-19-8-10-23(11-9-19)34-22-6-4-3-5-7-22/h3-14H,15H2,1-2H3,(H,26,29)(H,27,30)(H,28,31). The Hall–Kier alpha value is -4.66. The number of hydrogen-bond donors (Lipinski definition) is 3. The highest BCUT2D eigenvalue weighted by atomic mass is 16.5. The number of esters is 1. The molecule has 0 bridgehead atoms. The number of rotatable bonds is 8. The summed E-state index contributed by atoms with van der Waals surface area (Å²) in [5.74, 6) is -0.733. The second-order valence-corrected chi connectivity index (χ2v) is 7.23. The molecule has 0 aliphatic heterocycles. The van der Waals surface area contributed by atoms with E-state index in [1.807, 2.05) is 30.3 Å². The van der Waals surface area contributed by atoms with Crippen LogP contribution in [0.2, 0.25) is 0 Å². The van der Waals surface area contributed by atoms with Crippen LogP contribution in [0.1, 0.15) is 24.2 Å². The van der Waals surface area contributed by atoms with E-state index >= 15 is 0 Å². The smallest absolute Gasteiger partial charge is 0.338 e. The molecule has 0 saturated carbocycles. The molecule has 34 heavy (non-hydrogen) atoms. The topological polar surface area (TPSA) is 123 Å². The van der Waals surface area contributed by atoms with E-state index < -0.39 is 18.5 Å². The van der Waals surface area contributed by atoms with Gasteiger partial charge >= 0.3 is 5.97 Å². The van der Waals surface area contributed by atoms with E-state index in [0.717, 1.165) is 0 Å². The molecule has 174 valence electrons. The van der Waals surface area contributed by atoms with Crippen LogP contribution in [0.15, 0.2) is 72.8 Å². The number of carbonyl (C=O) groups is 4. The Labute approximate surface area is 196 Å². The highest BCUT2D eigenvalue weighted by molar-refractivity contribution is 5.99. The lowest BCUT2D eigenvalue weighted by Crippen LogP contribution is -2.21. The summed E-state index contributed by atoms with van der Waals surface area (Å²) in [7, 11) is 0. The predicted octanol–water partition coefficient (Wildman–Crippen LogP) is 4.19. The highest BCUT2D eigenvalue weighted by Gasteiger charge is 2.14. The van der Waals surface area contributed by atoms with E-state index in [1.54, 1.807) is 24.3 Å². The van der Waals surface area contributed by atoms with Crippen molar-refractivity contribution in [2.75, 3.05) is 22.6 Å². The van der Waals surface area contributed by atoms with Gasteiger partial charge in [0.2, 0.25) is 11.8 Å². The summed E-state index contributed by atoms with van der Waals surface area (Å²) in [6.45, 7) is 2.10. The van der Waals surface area contributed by atoms with Gasteiger partial charge in [-0.3, -0.25) is 14.4 Å². The molecule has 0 saturated heterocycles. The molecule has 0 heterocycles. The third kappa shape index (κ3) is 7.49. The summed E-state index contributed by atoms with van der Waals surface area (Å²) in [6.07, 6.45) is 0. The van der Waals surface area contributed by atoms with Crippen molar-refractivity contribution >= 4 is 40.8 Å². The highest BCUT2D eigenvalue weighted by Crippen LogP contribution is 2.23. The summed E-state index contributed by atoms with van der Waals surface area (Å²) in [5, 5.41) is 7.72. The van der Waals surface area contributed by atoms with Crippen molar-refractivity contribution in [3.8, 4) is 11.5 Å². The fourth-order valence-corrected chi connectivity index (χ4v) is 2.94.